The van der Waals surface area contributed by atoms with Crippen LogP contribution in [0.4, 0.5) is 0 Å². The molecular formula is C8H20O3Si. The van der Waals surface area contributed by atoms with E-state index < -0.39 is 8.56 Å². The first kappa shape index (κ1) is 12.1. The third-order valence-corrected chi connectivity index (χ3v) is 4.91. The van der Waals surface area contributed by atoms with Crippen LogP contribution in [0.15, 0.2) is 0 Å². The molecule has 0 aromatic carbocycles. The van der Waals surface area contributed by atoms with Crippen molar-refractivity contribution in [2.45, 2.75) is 25.9 Å². The fourth-order valence-electron chi connectivity index (χ4n) is 0.742. The quantitative estimate of drug-likeness (QED) is 0.502. The molecule has 12 heavy (non-hydrogen) atoms. The summed E-state index contributed by atoms with van der Waals surface area (Å²) in [7, 11) is 1.76. The van der Waals surface area contributed by atoms with Crippen molar-refractivity contribution in [2.24, 2.45) is 0 Å². The lowest BCUT2D eigenvalue weighted by Gasteiger charge is -2.21. The Morgan fingerprint density at radius 1 is 1.25 bits per heavy atom. The largest absolute Gasteiger partial charge is 0.398 e. The molecule has 0 amide bonds. The Hall–Kier alpha value is 0.0969. The van der Waals surface area contributed by atoms with Crippen LogP contribution >= 0.6 is 0 Å². The lowest BCUT2D eigenvalue weighted by Crippen LogP contribution is -2.35. The summed E-state index contributed by atoms with van der Waals surface area (Å²) in [5.74, 6) is 0. The van der Waals surface area contributed by atoms with Crippen molar-refractivity contribution in [3.8, 4) is 0 Å². The van der Waals surface area contributed by atoms with E-state index in [0.717, 1.165) is 25.7 Å². The van der Waals surface area contributed by atoms with Gasteiger partial charge in [0.2, 0.25) is 0 Å². The summed E-state index contributed by atoms with van der Waals surface area (Å²) in [4.78, 5) is 0. The minimum Gasteiger partial charge on any atom is -0.398 e. The van der Waals surface area contributed by atoms with E-state index in [0.29, 0.717) is 0 Å². The number of hydrogen-bond acceptors (Lipinski definition) is 3. The molecule has 1 rings (SSSR count). The van der Waals surface area contributed by atoms with Gasteiger partial charge in [-0.3, -0.25) is 0 Å². The average molecular weight is 192 g/mol. The van der Waals surface area contributed by atoms with E-state index >= 15 is 0 Å². The van der Waals surface area contributed by atoms with E-state index in [1.54, 1.807) is 14.2 Å². The Balaban J connectivity index is 0.000000330. The van der Waals surface area contributed by atoms with Gasteiger partial charge in [0.1, 0.15) is 0 Å². The highest BCUT2D eigenvalue weighted by Crippen LogP contribution is 2.12. The Labute approximate surface area is 76.3 Å². The SMILES string of the molecule is C1CO1.CCC[Si](C)(OC)OC. The van der Waals surface area contributed by atoms with E-state index in [9.17, 15) is 0 Å². The van der Waals surface area contributed by atoms with E-state index in [-0.39, 0.29) is 0 Å². The monoisotopic (exact) mass is 192 g/mol. The normalized spacial score (nSPS) is 15.0. The van der Waals surface area contributed by atoms with Gasteiger partial charge in [0.25, 0.3) is 0 Å². The summed E-state index contributed by atoms with van der Waals surface area (Å²) >= 11 is 0. The minimum atomic E-state index is -1.70. The Kier molecular flexibility index (Phi) is 6.65. The predicted molar refractivity (Wildman–Crippen MR) is 51.6 cm³/mol. The van der Waals surface area contributed by atoms with Crippen LogP contribution in [0, 0.1) is 0 Å². The summed E-state index contributed by atoms with van der Waals surface area (Å²) in [5.41, 5.74) is 0. The second kappa shape index (κ2) is 6.60. The number of epoxide rings is 1. The first-order valence-corrected chi connectivity index (χ1v) is 6.89. The Bertz CT molecular complexity index is 99.7. The first-order chi connectivity index (χ1) is 5.68. The van der Waals surface area contributed by atoms with Crippen LogP contribution in [0.5, 0.6) is 0 Å². The van der Waals surface area contributed by atoms with Gasteiger partial charge in [-0.15, -0.1) is 0 Å². The number of rotatable bonds is 4. The van der Waals surface area contributed by atoms with E-state index in [4.69, 9.17) is 8.85 Å². The molecule has 1 aliphatic heterocycles. The first-order valence-electron chi connectivity index (χ1n) is 4.36. The molecule has 3 nitrogen and oxygen atoms in total. The molecule has 1 fully saturated rings. The van der Waals surface area contributed by atoms with Crippen LogP contribution in [0.25, 0.3) is 0 Å². The smallest absolute Gasteiger partial charge is 0.334 e. The van der Waals surface area contributed by atoms with Crippen LogP contribution in [-0.4, -0.2) is 36.0 Å². The lowest BCUT2D eigenvalue weighted by atomic mass is 10.6. The number of ether oxygens (including phenoxy) is 1. The maximum atomic E-state index is 5.24. The zero-order chi connectivity index (χ0) is 9.45. The summed E-state index contributed by atoms with van der Waals surface area (Å²) in [6, 6.07) is 1.08. The van der Waals surface area contributed by atoms with Gasteiger partial charge >= 0.3 is 8.56 Å². The highest BCUT2D eigenvalue weighted by molar-refractivity contribution is 6.65. The van der Waals surface area contributed by atoms with E-state index in [1.165, 1.54) is 0 Å². The average Bonchev–Trinajstić information content (AvgIpc) is 2.91. The van der Waals surface area contributed by atoms with Gasteiger partial charge < -0.3 is 13.6 Å². The van der Waals surface area contributed by atoms with Crippen LogP contribution < -0.4 is 0 Å². The van der Waals surface area contributed by atoms with Crippen molar-refractivity contribution >= 4 is 8.56 Å². The van der Waals surface area contributed by atoms with Gasteiger partial charge in [-0.2, -0.15) is 0 Å². The summed E-state index contributed by atoms with van der Waals surface area (Å²) in [6.07, 6.45) is 1.14. The van der Waals surface area contributed by atoms with Crippen LogP contribution in [-0.2, 0) is 13.6 Å². The van der Waals surface area contributed by atoms with Crippen molar-refractivity contribution in [1.82, 2.24) is 0 Å². The van der Waals surface area contributed by atoms with Crippen LogP contribution in [0.2, 0.25) is 12.6 Å². The molecule has 0 bridgehead atoms. The highest BCUT2D eigenvalue weighted by Gasteiger charge is 2.26. The van der Waals surface area contributed by atoms with Gasteiger partial charge in [0.05, 0.1) is 13.2 Å². The van der Waals surface area contributed by atoms with Crippen molar-refractivity contribution in [3.63, 3.8) is 0 Å². The summed E-state index contributed by atoms with van der Waals surface area (Å²) in [6.45, 7) is 6.22. The maximum absolute atomic E-state index is 5.24. The van der Waals surface area contributed by atoms with Gasteiger partial charge in [0, 0.05) is 14.2 Å². The fourth-order valence-corrected chi connectivity index (χ4v) is 2.22. The molecular weight excluding hydrogens is 172 g/mol. The molecule has 0 saturated carbocycles. The predicted octanol–water partition coefficient (Wildman–Crippen LogP) is 1.78. The molecule has 4 heteroatoms. The molecule has 0 radical (unpaired) electrons. The molecule has 0 spiro atoms. The van der Waals surface area contributed by atoms with Gasteiger partial charge in [-0.25, -0.2) is 0 Å². The molecule has 0 aromatic heterocycles. The molecule has 1 aliphatic rings. The third kappa shape index (κ3) is 6.79. The van der Waals surface area contributed by atoms with Gasteiger partial charge in [-0.1, -0.05) is 13.3 Å². The molecule has 0 N–H and O–H groups in total. The Morgan fingerprint density at radius 2 is 1.67 bits per heavy atom. The summed E-state index contributed by atoms with van der Waals surface area (Å²) in [5, 5.41) is 0. The highest BCUT2D eigenvalue weighted by atomic mass is 28.4. The van der Waals surface area contributed by atoms with Crippen molar-refractivity contribution in [1.29, 1.82) is 0 Å². The molecule has 1 saturated heterocycles. The second-order valence-electron chi connectivity index (χ2n) is 2.90. The molecule has 0 unspecified atom stereocenters. The zero-order valence-corrected chi connectivity index (χ0v) is 9.55. The zero-order valence-electron chi connectivity index (χ0n) is 8.55. The second-order valence-corrected chi connectivity index (χ2v) is 6.49. The van der Waals surface area contributed by atoms with Crippen molar-refractivity contribution < 1.29 is 13.6 Å². The van der Waals surface area contributed by atoms with Crippen LogP contribution in [0.3, 0.4) is 0 Å². The molecule has 0 aromatic rings. The van der Waals surface area contributed by atoms with E-state index in [2.05, 4.69) is 18.2 Å². The third-order valence-electron chi connectivity index (χ3n) is 1.77. The van der Waals surface area contributed by atoms with Crippen molar-refractivity contribution in [3.05, 3.63) is 0 Å². The van der Waals surface area contributed by atoms with Crippen LogP contribution in [0.1, 0.15) is 13.3 Å². The minimum absolute atomic E-state index is 1.00. The van der Waals surface area contributed by atoms with Crippen molar-refractivity contribution in [2.75, 3.05) is 27.4 Å². The topological polar surface area (TPSA) is 31.0 Å². The standard InChI is InChI=1S/C6H16O2Si.C2H4O/c1-5-6-9(4,7-2)8-3;1-2-3-1/h5-6H2,1-4H3;1-2H2. The fraction of sp³-hybridized carbons (Fsp3) is 1.00. The summed E-state index contributed by atoms with van der Waals surface area (Å²) < 4.78 is 15.0. The maximum Gasteiger partial charge on any atom is 0.334 e. The molecule has 0 aliphatic carbocycles. The number of hydrogen-bond donors (Lipinski definition) is 0. The molecule has 74 valence electrons. The molecule has 1 heterocycles. The molecule has 0 atom stereocenters. The van der Waals surface area contributed by atoms with Gasteiger partial charge in [-0.05, 0) is 12.6 Å². The van der Waals surface area contributed by atoms with E-state index in [1.807, 2.05) is 0 Å². The Morgan fingerprint density at radius 3 is 1.75 bits per heavy atom. The van der Waals surface area contributed by atoms with Gasteiger partial charge in [0.15, 0.2) is 0 Å². The lowest BCUT2D eigenvalue weighted by molar-refractivity contribution is 0.249.